The van der Waals surface area contributed by atoms with Crippen molar-refractivity contribution in [3.8, 4) is 0 Å². The zero-order valence-corrected chi connectivity index (χ0v) is 7.02. The van der Waals surface area contributed by atoms with Crippen molar-refractivity contribution in [3.05, 3.63) is 0 Å². The largest absolute Gasteiger partial charge is 0.359 e. The molecule has 0 aliphatic heterocycles. The van der Waals surface area contributed by atoms with Gasteiger partial charge in [-0.3, -0.25) is 4.79 Å². The molecule has 3 nitrogen and oxygen atoms in total. The molecule has 0 aliphatic rings. The van der Waals surface area contributed by atoms with Crippen LogP contribution in [0.1, 0.15) is 27.2 Å². The van der Waals surface area contributed by atoms with Gasteiger partial charge in [-0.05, 0) is 6.92 Å². The minimum absolute atomic E-state index is 0.00463. The first-order valence-electron chi connectivity index (χ1n) is 3.22. The van der Waals surface area contributed by atoms with Gasteiger partial charge in [-0.15, -0.1) is 0 Å². The summed E-state index contributed by atoms with van der Waals surface area (Å²) in [5.41, 5.74) is 0. The van der Waals surface area contributed by atoms with Gasteiger partial charge in [0.05, 0.1) is 0 Å². The van der Waals surface area contributed by atoms with E-state index in [0.29, 0.717) is 6.42 Å². The summed E-state index contributed by atoms with van der Waals surface area (Å²) < 4.78 is 0. The van der Waals surface area contributed by atoms with Gasteiger partial charge in [-0.2, -0.15) is 0 Å². The number of ketones is 1. The Morgan fingerprint density at radius 2 is 1.50 bits per heavy atom. The molecular formula is C7H15NO2. The van der Waals surface area contributed by atoms with Crippen LogP contribution in [0.25, 0.3) is 0 Å². The standard InChI is InChI=1S/C4H8O.C3H7NO/c1-3-4(2)5;1-3(5)4-2/h3H2,1-2H3;1-2H3,(H,4,5). The van der Waals surface area contributed by atoms with Gasteiger partial charge < -0.3 is 10.1 Å². The molecule has 0 rings (SSSR count). The highest BCUT2D eigenvalue weighted by molar-refractivity contribution is 5.74. The maximum atomic E-state index is 9.81. The zero-order valence-electron chi connectivity index (χ0n) is 7.02. The van der Waals surface area contributed by atoms with Crippen LogP contribution in [0.5, 0.6) is 0 Å². The molecule has 0 heterocycles. The highest BCUT2D eigenvalue weighted by Gasteiger charge is 1.76. The third kappa shape index (κ3) is 27.3. The van der Waals surface area contributed by atoms with E-state index >= 15 is 0 Å². The Hall–Kier alpha value is -0.860. The number of Topliss-reactive ketones (excluding diaryl/α,β-unsaturated/α-hetero) is 1. The topological polar surface area (TPSA) is 46.2 Å². The highest BCUT2D eigenvalue weighted by atomic mass is 16.1. The van der Waals surface area contributed by atoms with Crippen LogP contribution in [0.15, 0.2) is 0 Å². The average Bonchev–Trinajstić information content (AvgIpc) is 1.89. The van der Waals surface area contributed by atoms with E-state index in [1.54, 1.807) is 14.0 Å². The van der Waals surface area contributed by atoms with Gasteiger partial charge in [0.2, 0.25) is 5.91 Å². The Labute approximate surface area is 61.8 Å². The summed E-state index contributed by atoms with van der Waals surface area (Å²) in [6, 6.07) is 0. The van der Waals surface area contributed by atoms with E-state index in [1.807, 2.05) is 6.92 Å². The fourth-order valence-corrected chi connectivity index (χ4v) is 0. The molecule has 0 fully saturated rings. The SMILES string of the molecule is CCC(C)=O.CNC(C)=O. The van der Waals surface area contributed by atoms with Crippen molar-refractivity contribution in [1.82, 2.24) is 5.32 Å². The lowest BCUT2D eigenvalue weighted by molar-refractivity contribution is -0.118. The predicted molar refractivity (Wildman–Crippen MR) is 40.7 cm³/mol. The minimum atomic E-state index is 0.00463. The Balaban J connectivity index is 0. The van der Waals surface area contributed by atoms with E-state index in [-0.39, 0.29) is 11.7 Å². The molecule has 0 aromatic carbocycles. The number of hydrogen-bond donors (Lipinski definition) is 1. The summed E-state index contributed by atoms with van der Waals surface area (Å²) in [6.07, 6.45) is 0.667. The van der Waals surface area contributed by atoms with E-state index < -0.39 is 0 Å². The summed E-state index contributed by atoms with van der Waals surface area (Å²) in [5, 5.41) is 2.39. The highest BCUT2D eigenvalue weighted by Crippen LogP contribution is 1.71. The number of hydrogen-bond acceptors (Lipinski definition) is 2. The fourth-order valence-electron chi connectivity index (χ4n) is 0. The van der Waals surface area contributed by atoms with E-state index in [0.717, 1.165) is 0 Å². The van der Waals surface area contributed by atoms with Gasteiger partial charge in [0, 0.05) is 20.4 Å². The molecule has 0 atom stereocenters. The van der Waals surface area contributed by atoms with Gasteiger partial charge in [-0.25, -0.2) is 0 Å². The molecular weight excluding hydrogens is 130 g/mol. The van der Waals surface area contributed by atoms with Crippen molar-refractivity contribution in [3.63, 3.8) is 0 Å². The molecule has 60 valence electrons. The van der Waals surface area contributed by atoms with Crippen LogP contribution in [0, 0.1) is 0 Å². The molecule has 0 saturated heterocycles. The Morgan fingerprint density at radius 3 is 1.50 bits per heavy atom. The van der Waals surface area contributed by atoms with E-state index in [1.165, 1.54) is 6.92 Å². The quantitative estimate of drug-likeness (QED) is 0.591. The Bertz CT molecular complexity index is 96.2. The Kier molecular flexibility index (Phi) is 9.67. The summed E-state index contributed by atoms with van der Waals surface area (Å²) in [5.74, 6) is 0.259. The van der Waals surface area contributed by atoms with Gasteiger partial charge in [-0.1, -0.05) is 6.92 Å². The van der Waals surface area contributed by atoms with Gasteiger partial charge in [0.1, 0.15) is 5.78 Å². The number of nitrogens with one attached hydrogen (secondary N) is 1. The van der Waals surface area contributed by atoms with Crippen molar-refractivity contribution in [2.75, 3.05) is 7.05 Å². The van der Waals surface area contributed by atoms with Crippen LogP contribution < -0.4 is 5.32 Å². The molecule has 1 amide bonds. The minimum Gasteiger partial charge on any atom is -0.359 e. The van der Waals surface area contributed by atoms with Crippen LogP contribution in [0.2, 0.25) is 0 Å². The number of amides is 1. The van der Waals surface area contributed by atoms with E-state index in [4.69, 9.17) is 0 Å². The van der Waals surface area contributed by atoms with Crippen LogP contribution in [-0.4, -0.2) is 18.7 Å². The molecule has 3 heteroatoms. The Morgan fingerprint density at radius 1 is 1.30 bits per heavy atom. The lowest BCUT2D eigenvalue weighted by atomic mass is 10.4. The van der Waals surface area contributed by atoms with Crippen LogP contribution in [0.4, 0.5) is 0 Å². The summed E-state index contributed by atoms with van der Waals surface area (Å²) in [4.78, 5) is 19.5. The second-order valence-corrected chi connectivity index (χ2v) is 1.86. The molecule has 0 unspecified atom stereocenters. The second-order valence-electron chi connectivity index (χ2n) is 1.86. The van der Waals surface area contributed by atoms with Crippen molar-refractivity contribution in [1.29, 1.82) is 0 Å². The fraction of sp³-hybridized carbons (Fsp3) is 0.714. The first-order chi connectivity index (χ1) is 4.54. The second kappa shape index (κ2) is 8.14. The van der Waals surface area contributed by atoms with Crippen molar-refractivity contribution in [2.45, 2.75) is 27.2 Å². The lowest BCUT2D eigenvalue weighted by Crippen LogP contribution is -2.11. The van der Waals surface area contributed by atoms with Crippen LogP contribution >= 0.6 is 0 Å². The molecule has 0 saturated carbocycles. The average molecular weight is 145 g/mol. The maximum Gasteiger partial charge on any atom is 0.216 e. The maximum absolute atomic E-state index is 9.81. The molecule has 0 aliphatic carbocycles. The van der Waals surface area contributed by atoms with E-state index in [9.17, 15) is 9.59 Å². The molecule has 0 aromatic rings. The van der Waals surface area contributed by atoms with Crippen LogP contribution in [0.3, 0.4) is 0 Å². The summed E-state index contributed by atoms with van der Waals surface area (Å²) >= 11 is 0. The van der Waals surface area contributed by atoms with Gasteiger partial charge in [0.25, 0.3) is 0 Å². The first-order valence-corrected chi connectivity index (χ1v) is 3.22. The smallest absolute Gasteiger partial charge is 0.216 e. The molecule has 0 aromatic heterocycles. The molecule has 0 spiro atoms. The summed E-state index contributed by atoms with van der Waals surface area (Å²) in [6.45, 7) is 4.91. The van der Waals surface area contributed by atoms with Gasteiger partial charge >= 0.3 is 0 Å². The van der Waals surface area contributed by atoms with Crippen LogP contribution in [-0.2, 0) is 9.59 Å². The molecule has 0 bridgehead atoms. The number of carbonyl (C=O) groups is 2. The van der Waals surface area contributed by atoms with Crippen molar-refractivity contribution < 1.29 is 9.59 Å². The molecule has 0 radical (unpaired) electrons. The molecule has 1 N–H and O–H groups in total. The van der Waals surface area contributed by atoms with E-state index in [2.05, 4.69) is 5.32 Å². The monoisotopic (exact) mass is 145 g/mol. The van der Waals surface area contributed by atoms with Crippen molar-refractivity contribution in [2.24, 2.45) is 0 Å². The third-order valence-corrected chi connectivity index (χ3v) is 0.850. The lowest BCUT2D eigenvalue weighted by Gasteiger charge is -1.80. The summed E-state index contributed by atoms with van der Waals surface area (Å²) in [7, 11) is 1.60. The van der Waals surface area contributed by atoms with Gasteiger partial charge in [0.15, 0.2) is 0 Å². The number of carbonyl (C=O) groups excluding carboxylic acids is 2. The normalized spacial score (nSPS) is 7.20. The zero-order chi connectivity index (χ0) is 8.57. The third-order valence-electron chi connectivity index (χ3n) is 0.850. The van der Waals surface area contributed by atoms with Crippen molar-refractivity contribution >= 4 is 11.7 Å². The predicted octanol–water partition coefficient (Wildman–Crippen LogP) is 0.738. The number of rotatable bonds is 1. The molecule has 10 heavy (non-hydrogen) atoms. The first kappa shape index (κ1) is 11.9.